The molecule has 0 saturated heterocycles. The molecule has 0 unspecified atom stereocenters. The smallest absolute Gasteiger partial charge is 0.286 e. The van der Waals surface area contributed by atoms with Crippen LogP contribution in [0.5, 0.6) is 5.75 Å². The Morgan fingerprint density at radius 2 is 1.94 bits per heavy atom. The van der Waals surface area contributed by atoms with Crippen LogP contribution in [-0.2, 0) is 13.0 Å². The molecule has 4 aromatic rings. The molecule has 1 N–H and O–H groups in total. The Kier molecular flexibility index (Phi) is 7.80. The monoisotopic (exact) mass is 445 g/mol. The highest BCUT2D eigenvalue weighted by molar-refractivity contribution is 5.91. The lowest BCUT2D eigenvalue weighted by Crippen LogP contribution is -2.23. The lowest BCUT2D eigenvalue weighted by atomic mass is 10.2. The number of para-hydroxylation sites is 2. The summed E-state index contributed by atoms with van der Waals surface area (Å²) in [5.74, 6) is 2.24. The summed E-state index contributed by atoms with van der Waals surface area (Å²) in [6.45, 7) is 4.27. The lowest BCUT2D eigenvalue weighted by Gasteiger charge is -2.11. The number of hydrogen-bond donors (Lipinski definition) is 1. The first-order chi connectivity index (χ1) is 16.2. The highest BCUT2D eigenvalue weighted by atomic mass is 16.5. The minimum atomic E-state index is -0.158. The molecule has 33 heavy (non-hydrogen) atoms. The van der Waals surface area contributed by atoms with E-state index >= 15 is 0 Å². The third-order valence-corrected chi connectivity index (χ3v) is 5.63. The topological polar surface area (TPSA) is 69.3 Å². The van der Waals surface area contributed by atoms with Gasteiger partial charge in [0, 0.05) is 19.5 Å². The molecule has 1 amide bonds. The number of unbranched alkanes of at least 4 members (excludes halogenated alkanes) is 2. The zero-order valence-electron chi connectivity index (χ0n) is 19.1. The van der Waals surface area contributed by atoms with E-state index in [1.165, 1.54) is 17.3 Å². The van der Waals surface area contributed by atoms with Crippen LogP contribution in [0.4, 0.5) is 0 Å². The van der Waals surface area contributed by atoms with Crippen LogP contribution in [0.2, 0.25) is 0 Å². The Bertz CT molecular complexity index is 1160. The lowest BCUT2D eigenvalue weighted by molar-refractivity contribution is 0.0925. The van der Waals surface area contributed by atoms with E-state index in [0.29, 0.717) is 18.9 Å². The van der Waals surface area contributed by atoms with E-state index in [1.54, 1.807) is 12.1 Å². The average Bonchev–Trinajstić information content (AvgIpc) is 3.47. The van der Waals surface area contributed by atoms with Crippen molar-refractivity contribution in [3.63, 3.8) is 0 Å². The maximum absolute atomic E-state index is 11.9. The van der Waals surface area contributed by atoms with E-state index in [9.17, 15) is 4.79 Å². The van der Waals surface area contributed by atoms with Crippen molar-refractivity contribution in [1.82, 2.24) is 14.9 Å². The minimum absolute atomic E-state index is 0.158. The maximum Gasteiger partial charge on any atom is 0.286 e. The van der Waals surface area contributed by atoms with Crippen LogP contribution in [0, 0.1) is 6.92 Å². The number of ether oxygens (including phenoxy) is 1. The number of carbonyl (C=O) groups is 1. The number of aryl methyl sites for hydroxylation is 3. The summed E-state index contributed by atoms with van der Waals surface area (Å²) in [4.78, 5) is 16.8. The van der Waals surface area contributed by atoms with Crippen LogP contribution in [0.3, 0.4) is 0 Å². The van der Waals surface area contributed by atoms with Crippen molar-refractivity contribution in [2.24, 2.45) is 0 Å². The van der Waals surface area contributed by atoms with Crippen molar-refractivity contribution in [2.45, 2.75) is 45.6 Å². The number of imidazole rings is 1. The quantitative estimate of drug-likeness (QED) is 0.290. The molecule has 2 aromatic heterocycles. The highest BCUT2D eigenvalue weighted by Crippen LogP contribution is 2.19. The summed E-state index contributed by atoms with van der Waals surface area (Å²) in [5, 5.41) is 2.90. The maximum atomic E-state index is 11.9. The zero-order valence-corrected chi connectivity index (χ0v) is 19.1. The van der Waals surface area contributed by atoms with Gasteiger partial charge in [0.15, 0.2) is 5.76 Å². The number of fused-ring (bicyclic) bond motifs is 1. The Balaban J connectivity index is 1.25. The fourth-order valence-corrected chi connectivity index (χ4v) is 3.97. The molecule has 0 aliphatic rings. The molecule has 0 spiro atoms. The van der Waals surface area contributed by atoms with Gasteiger partial charge in [-0.15, -0.1) is 0 Å². The number of carbonyl (C=O) groups excluding carboxylic acids is 1. The number of nitrogens with one attached hydrogen (secondary N) is 1. The van der Waals surface area contributed by atoms with E-state index in [-0.39, 0.29) is 5.91 Å². The van der Waals surface area contributed by atoms with Gasteiger partial charge in [0.2, 0.25) is 0 Å². The van der Waals surface area contributed by atoms with E-state index < -0.39 is 0 Å². The van der Waals surface area contributed by atoms with Gasteiger partial charge >= 0.3 is 0 Å². The molecular formula is C27H31N3O3. The van der Waals surface area contributed by atoms with Gasteiger partial charge in [-0.3, -0.25) is 4.79 Å². The molecule has 0 aliphatic heterocycles. The first-order valence-corrected chi connectivity index (χ1v) is 11.7. The number of furan rings is 1. The molecule has 4 rings (SSSR count). The van der Waals surface area contributed by atoms with Crippen molar-refractivity contribution in [3.8, 4) is 5.75 Å². The number of aromatic nitrogens is 2. The Morgan fingerprint density at radius 1 is 1.03 bits per heavy atom. The molecule has 0 saturated carbocycles. The van der Waals surface area contributed by atoms with E-state index in [0.717, 1.165) is 55.7 Å². The largest absolute Gasteiger partial charge is 0.494 e. The Labute approximate surface area is 194 Å². The van der Waals surface area contributed by atoms with Crippen LogP contribution in [-0.4, -0.2) is 28.6 Å². The second-order valence-corrected chi connectivity index (χ2v) is 8.23. The van der Waals surface area contributed by atoms with Crippen LogP contribution >= 0.6 is 0 Å². The van der Waals surface area contributed by atoms with Gasteiger partial charge in [0.1, 0.15) is 11.6 Å². The first kappa shape index (κ1) is 22.6. The molecule has 0 aliphatic carbocycles. The van der Waals surface area contributed by atoms with Gasteiger partial charge in [0.25, 0.3) is 5.91 Å². The van der Waals surface area contributed by atoms with Gasteiger partial charge < -0.3 is 19.0 Å². The first-order valence-electron chi connectivity index (χ1n) is 11.7. The van der Waals surface area contributed by atoms with Gasteiger partial charge in [-0.1, -0.05) is 30.7 Å². The fraction of sp³-hybridized carbons (Fsp3) is 0.333. The third kappa shape index (κ3) is 6.25. The highest BCUT2D eigenvalue weighted by Gasteiger charge is 2.11. The third-order valence-electron chi connectivity index (χ3n) is 5.63. The van der Waals surface area contributed by atoms with Crippen LogP contribution < -0.4 is 10.1 Å². The number of rotatable bonds is 12. The number of hydrogen-bond acceptors (Lipinski definition) is 4. The Morgan fingerprint density at radius 3 is 2.79 bits per heavy atom. The van der Waals surface area contributed by atoms with Gasteiger partial charge in [-0.2, -0.15) is 0 Å². The Hall–Kier alpha value is -3.54. The van der Waals surface area contributed by atoms with E-state index in [2.05, 4.69) is 47.1 Å². The van der Waals surface area contributed by atoms with E-state index in [4.69, 9.17) is 14.1 Å². The summed E-state index contributed by atoms with van der Waals surface area (Å²) in [5.41, 5.74) is 3.42. The molecule has 6 nitrogen and oxygen atoms in total. The minimum Gasteiger partial charge on any atom is -0.494 e. The summed E-state index contributed by atoms with van der Waals surface area (Å²) < 4.78 is 13.4. The van der Waals surface area contributed by atoms with Crippen molar-refractivity contribution in [3.05, 3.63) is 84.1 Å². The number of amides is 1. The molecule has 0 bridgehead atoms. The summed E-state index contributed by atoms with van der Waals surface area (Å²) in [7, 11) is 0. The van der Waals surface area contributed by atoms with E-state index in [1.807, 2.05) is 18.2 Å². The van der Waals surface area contributed by atoms with Gasteiger partial charge in [-0.05, 0) is 68.1 Å². The summed E-state index contributed by atoms with van der Waals surface area (Å²) >= 11 is 0. The average molecular weight is 446 g/mol. The molecular weight excluding hydrogens is 414 g/mol. The predicted octanol–water partition coefficient (Wildman–Crippen LogP) is 5.55. The number of benzene rings is 2. The van der Waals surface area contributed by atoms with Crippen LogP contribution in [0.25, 0.3) is 11.0 Å². The number of nitrogens with zero attached hydrogens (tertiary/aromatic N) is 2. The van der Waals surface area contributed by atoms with Gasteiger partial charge in [-0.25, -0.2) is 4.98 Å². The molecule has 172 valence electrons. The molecule has 2 aromatic carbocycles. The van der Waals surface area contributed by atoms with Crippen LogP contribution in [0.15, 0.2) is 71.3 Å². The van der Waals surface area contributed by atoms with Crippen molar-refractivity contribution in [1.29, 1.82) is 0 Å². The second kappa shape index (κ2) is 11.4. The zero-order chi connectivity index (χ0) is 22.9. The van der Waals surface area contributed by atoms with Crippen molar-refractivity contribution in [2.75, 3.05) is 13.2 Å². The molecule has 2 heterocycles. The molecule has 0 fully saturated rings. The van der Waals surface area contributed by atoms with Crippen molar-refractivity contribution >= 4 is 16.9 Å². The predicted molar refractivity (Wildman–Crippen MR) is 130 cm³/mol. The summed E-state index contributed by atoms with van der Waals surface area (Å²) in [6.07, 6.45) is 6.32. The van der Waals surface area contributed by atoms with Crippen molar-refractivity contribution < 1.29 is 13.9 Å². The fourth-order valence-electron chi connectivity index (χ4n) is 3.97. The molecule has 0 atom stereocenters. The molecule has 0 radical (unpaired) electrons. The normalized spacial score (nSPS) is 11.1. The second-order valence-electron chi connectivity index (χ2n) is 8.23. The van der Waals surface area contributed by atoms with Crippen LogP contribution in [0.1, 0.15) is 47.6 Å². The summed E-state index contributed by atoms with van der Waals surface area (Å²) in [6, 6.07) is 19.9. The molecule has 6 heteroatoms. The SMILES string of the molecule is Cc1cccc(OCCCn2c(CCCCCNC(=O)c3ccco3)nc3ccccc32)c1. The van der Waals surface area contributed by atoms with Gasteiger partial charge in [0.05, 0.1) is 23.9 Å². The standard InChI is InChI=1S/C27H31N3O3/c1-21-10-7-11-22(20-21)32-19-9-17-30-24-13-5-4-12-23(24)29-26(30)15-3-2-6-16-28-27(31)25-14-8-18-33-25/h4-5,7-8,10-14,18,20H,2-3,6,9,15-17,19H2,1H3,(H,28,31).